The Balaban J connectivity index is 2.27. The lowest BCUT2D eigenvalue weighted by molar-refractivity contribution is -0.151. The second-order valence-corrected chi connectivity index (χ2v) is 6.61. The van der Waals surface area contributed by atoms with E-state index in [1.807, 2.05) is 22.6 Å². The molecule has 23 heavy (non-hydrogen) atoms. The first kappa shape index (κ1) is 17.7. The number of rotatable bonds is 4. The van der Waals surface area contributed by atoms with Crippen LogP contribution in [0.3, 0.4) is 0 Å². The molecule has 126 valence electrons. The molecule has 2 rings (SSSR count). The summed E-state index contributed by atoms with van der Waals surface area (Å²) in [4.78, 5) is 49.0. The highest BCUT2D eigenvalue weighted by Gasteiger charge is 2.39. The summed E-state index contributed by atoms with van der Waals surface area (Å²) in [6.07, 6.45) is 1.60. The van der Waals surface area contributed by atoms with Crippen LogP contribution in [0.15, 0.2) is 15.8 Å². The molecule has 1 fully saturated rings. The minimum Gasteiger partial charge on any atom is -0.465 e. The van der Waals surface area contributed by atoms with Gasteiger partial charge in [-0.15, -0.1) is 0 Å². The van der Waals surface area contributed by atoms with Crippen molar-refractivity contribution in [2.75, 3.05) is 6.61 Å². The van der Waals surface area contributed by atoms with Gasteiger partial charge in [0.15, 0.2) is 0 Å². The van der Waals surface area contributed by atoms with Gasteiger partial charge < -0.3 is 14.5 Å². The van der Waals surface area contributed by atoms with Crippen LogP contribution in [0.4, 0.5) is 0 Å². The molecule has 0 bridgehead atoms. The van der Waals surface area contributed by atoms with Gasteiger partial charge in [0.05, 0.1) is 10.2 Å². The number of nitrogens with one attached hydrogen (secondary N) is 1. The van der Waals surface area contributed by atoms with Crippen molar-refractivity contribution in [2.45, 2.75) is 38.8 Å². The summed E-state index contributed by atoms with van der Waals surface area (Å²) in [5.41, 5.74) is -0.885. The fourth-order valence-electron chi connectivity index (χ4n) is 2.82. The molecule has 0 radical (unpaired) electrons. The molecular formula is C14H17IN2O6. The third-order valence-electron chi connectivity index (χ3n) is 3.75. The molecule has 1 N–H and O–H groups in total. The lowest BCUT2D eigenvalue weighted by Gasteiger charge is -2.18. The van der Waals surface area contributed by atoms with Crippen LogP contribution in [-0.4, -0.2) is 34.2 Å². The van der Waals surface area contributed by atoms with Gasteiger partial charge in [-0.25, -0.2) is 4.79 Å². The fourth-order valence-corrected chi connectivity index (χ4v) is 3.24. The van der Waals surface area contributed by atoms with Gasteiger partial charge in [0.2, 0.25) is 0 Å². The Hall–Kier alpha value is -1.65. The zero-order chi connectivity index (χ0) is 17.1. The third-order valence-corrected chi connectivity index (χ3v) is 4.53. The van der Waals surface area contributed by atoms with Crippen molar-refractivity contribution < 1.29 is 19.1 Å². The predicted octanol–water partition coefficient (Wildman–Crippen LogP) is 0.587. The summed E-state index contributed by atoms with van der Waals surface area (Å²) in [6.45, 7) is 2.67. The van der Waals surface area contributed by atoms with Crippen LogP contribution >= 0.6 is 22.6 Å². The number of aromatic nitrogens is 2. The quantitative estimate of drug-likeness (QED) is 0.547. The number of H-pyrrole nitrogens is 1. The standard InChI is InChI=1S/C14H17IN2O6/c1-7(18)22-6-9-3-10(4-12(9)23-8(2)19)17-13(20)11(15)5-16-14(17)21/h5,9-10,12H,3-4,6H2,1-2H3,(H,16,21). The summed E-state index contributed by atoms with van der Waals surface area (Å²) in [5.74, 6) is -1.14. The van der Waals surface area contributed by atoms with Crippen molar-refractivity contribution in [1.29, 1.82) is 0 Å². The third kappa shape index (κ3) is 4.21. The number of esters is 2. The van der Waals surface area contributed by atoms with Gasteiger partial charge in [-0.05, 0) is 29.0 Å². The summed E-state index contributed by atoms with van der Waals surface area (Å²) >= 11 is 1.85. The topological polar surface area (TPSA) is 107 Å². The average Bonchev–Trinajstić information content (AvgIpc) is 2.83. The number of halogens is 1. The van der Waals surface area contributed by atoms with Crippen LogP contribution in [-0.2, 0) is 19.1 Å². The number of carbonyl (C=O) groups is 2. The van der Waals surface area contributed by atoms with E-state index in [0.717, 1.165) is 4.57 Å². The SMILES string of the molecule is CC(=O)OCC1CC(n2c(=O)[nH]cc(I)c2=O)CC1OC(C)=O. The van der Waals surface area contributed by atoms with E-state index < -0.39 is 29.8 Å². The Bertz CT molecular complexity index is 725. The van der Waals surface area contributed by atoms with Crippen molar-refractivity contribution >= 4 is 34.5 Å². The summed E-state index contributed by atoms with van der Waals surface area (Å²) in [6, 6.07) is -0.411. The van der Waals surface area contributed by atoms with E-state index in [1.165, 1.54) is 20.0 Å². The summed E-state index contributed by atoms with van der Waals surface area (Å²) in [7, 11) is 0. The molecule has 0 saturated heterocycles. The molecule has 0 aromatic carbocycles. The van der Waals surface area contributed by atoms with Gasteiger partial charge >= 0.3 is 17.6 Å². The first-order chi connectivity index (χ1) is 10.8. The molecule has 3 atom stereocenters. The number of aromatic amines is 1. The van der Waals surface area contributed by atoms with E-state index in [4.69, 9.17) is 9.47 Å². The molecule has 1 aromatic rings. The van der Waals surface area contributed by atoms with Crippen molar-refractivity contribution in [3.05, 3.63) is 30.6 Å². The smallest absolute Gasteiger partial charge is 0.328 e. The Kier molecular flexibility index (Phi) is 5.60. The van der Waals surface area contributed by atoms with Gasteiger partial charge in [0, 0.05) is 38.4 Å². The maximum Gasteiger partial charge on any atom is 0.328 e. The second kappa shape index (κ2) is 7.28. The molecule has 8 nitrogen and oxygen atoms in total. The first-order valence-electron chi connectivity index (χ1n) is 7.10. The molecule has 1 aliphatic rings. The lowest BCUT2D eigenvalue weighted by Crippen LogP contribution is -2.38. The number of hydrogen-bond acceptors (Lipinski definition) is 6. The van der Waals surface area contributed by atoms with Crippen LogP contribution in [0, 0.1) is 9.49 Å². The van der Waals surface area contributed by atoms with Crippen LogP contribution in [0.5, 0.6) is 0 Å². The molecular weight excluding hydrogens is 419 g/mol. The minimum atomic E-state index is -0.505. The first-order valence-corrected chi connectivity index (χ1v) is 8.17. The predicted molar refractivity (Wildman–Crippen MR) is 88.0 cm³/mol. The van der Waals surface area contributed by atoms with Gasteiger partial charge in [-0.3, -0.25) is 19.0 Å². The van der Waals surface area contributed by atoms with Crippen molar-refractivity contribution in [3.63, 3.8) is 0 Å². The van der Waals surface area contributed by atoms with E-state index in [1.54, 1.807) is 0 Å². The molecule has 0 aliphatic heterocycles. The summed E-state index contributed by atoms with van der Waals surface area (Å²) in [5, 5.41) is 0. The van der Waals surface area contributed by atoms with E-state index in [9.17, 15) is 19.2 Å². The number of ether oxygens (including phenoxy) is 2. The van der Waals surface area contributed by atoms with Crippen LogP contribution in [0.25, 0.3) is 0 Å². The van der Waals surface area contributed by atoms with Gasteiger partial charge in [0.1, 0.15) is 6.10 Å². The molecule has 1 aromatic heterocycles. The van der Waals surface area contributed by atoms with E-state index >= 15 is 0 Å². The minimum absolute atomic E-state index is 0.0837. The van der Waals surface area contributed by atoms with Crippen molar-refractivity contribution in [2.24, 2.45) is 5.92 Å². The largest absolute Gasteiger partial charge is 0.465 e. The second-order valence-electron chi connectivity index (χ2n) is 5.45. The fraction of sp³-hybridized carbons (Fsp3) is 0.571. The van der Waals surface area contributed by atoms with Crippen LogP contribution in [0.1, 0.15) is 32.7 Å². The molecule has 1 saturated carbocycles. The van der Waals surface area contributed by atoms with E-state index in [2.05, 4.69) is 4.98 Å². The zero-order valence-corrected chi connectivity index (χ0v) is 14.9. The Labute approximate surface area is 145 Å². The van der Waals surface area contributed by atoms with Crippen molar-refractivity contribution in [3.8, 4) is 0 Å². The Morgan fingerprint density at radius 3 is 2.61 bits per heavy atom. The van der Waals surface area contributed by atoms with Gasteiger partial charge in [0.25, 0.3) is 5.56 Å². The van der Waals surface area contributed by atoms with Crippen molar-refractivity contribution in [1.82, 2.24) is 9.55 Å². The van der Waals surface area contributed by atoms with Crippen LogP contribution < -0.4 is 11.2 Å². The van der Waals surface area contributed by atoms with Crippen LogP contribution in [0.2, 0.25) is 0 Å². The maximum absolute atomic E-state index is 12.2. The monoisotopic (exact) mass is 436 g/mol. The maximum atomic E-state index is 12.2. The molecule has 0 spiro atoms. The van der Waals surface area contributed by atoms with Gasteiger partial charge in [-0.2, -0.15) is 0 Å². The molecule has 9 heteroatoms. The molecule has 0 amide bonds. The highest BCUT2D eigenvalue weighted by Crippen LogP contribution is 2.36. The van der Waals surface area contributed by atoms with Gasteiger partial charge in [-0.1, -0.05) is 0 Å². The Morgan fingerprint density at radius 1 is 1.30 bits per heavy atom. The Morgan fingerprint density at radius 2 is 2.00 bits per heavy atom. The van der Waals surface area contributed by atoms with E-state index in [0.29, 0.717) is 16.4 Å². The molecule has 1 aliphatic carbocycles. The normalized spacial score (nSPS) is 23.5. The zero-order valence-electron chi connectivity index (χ0n) is 12.7. The van der Waals surface area contributed by atoms with E-state index in [-0.39, 0.29) is 18.1 Å². The lowest BCUT2D eigenvalue weighted by atomic mass is 10.1. The highest BCUT2D eigenvalue weighted by molar-refractivity contribution is 14.1. The molecule has 1 heterocycles. The number of nitrogens with zero attached hydrogens (tertiary/aromatic N) is 1. The molecule has 3 unspecified atom stereocenters. The number of hydrogen-bond donors (Lipinski definition) is 1. The average molecular weight is 436 g/mol. The number of carbonyl (C=O) groups excluding carboxylic acids is 2. The highest BCUT2D eigenvalue weighted by atomic mass is 127. The summed E-state index contributed by atoms with van der Waals surface area (Å²) < 4.78 is 11.8.